The highest BCUT2D eigenvalue weighted by atomic mass is 16.5. The van der Waals surface area contributed by atoms with Gasteiger partial charge in [-0.3, -0.25) is 4.68 Å². The van der Waals surface area contributed by atoms with E-state index in [0.717, 1.165) is 22.5 Å². The number of benzene rings is 1. The van der Waals surface area contributed by atoms with Crippen molar-refractivity contribution in [1.29, 1.82) is 5.26 Å². The molecule has 0 bridgehead atoms. The Balaban J connectivity index is 1.76. The van der Waals surface area contributed by atoms with Crippen LogP contribution in [-0.2, 0) is 23.6 Å². The molecule has 0 aliphatic rings. The molecule has 0 amide bonds. The summed E-state index contributed by atoms with van der Waals surface area (Å²) in [5.41, 5.74) is 4.03. The molecule has 0 aliphatic heterocycles. The van der Waals surface area contributed by atoms with Gasteiger partial charge in [0, 0.05) is 31.4 Å². The van der Waals surface area contributed by atoms with E-state index in [-0.39, 0.29) is 11.3 Å². The van der Waals surface area contributed by atoms with Crippen molar-refractivity contribution >= 4 is 28.7 Å². The molecule has 0 unspecified atom stereocenters. The summed E-state index contributed by atoms with van der Waals surface area (Å²) in [6, 6.07) is 9.33. The van der Waals surface area contributed by atoms with Gasteiger partial charge in [-0.25, -0.2) is 9.78 Å². The maximum atomic E-state index is 12.0. The van der Waals surface area contributed by atoms with Crippen molar-refractivity contribution < 1.29 is 14.6 Å². The number of hydrogen-bond acceptors (Lipinski definition) is 6. The third-order valence-corrected chi connectivity index (χ3v) is 4.71. The molecule has 1 N–H and O–H groups in total. The summed E-state index contributed by atoms with van der Waals surface area (Å²) in [6.07, 6.45) is 2.89. The Bertz CT molecular complexity index is 1190. The molecule has 8 heteroatoms. The maximum absolute atomic E-state index is 12.0. The smallest absolute Gasteiger partial charge is 0.331 e. The monoisotopic (exact) mass is 391 g/mol. The van der Waals surface area contributed by atoms with E-state index in [2.05, 4.69) is 10.1 Å². The van der Waals surface area contributed by atoms with Gasteiger partial charge in [0.25, 0.3) is 0 Å². The molecule has 148 valence electrons. The molecule has 0 spiro atoms. The molecular formula is C21H21N5O3. The Kier molecular flexibility index (Phi) is 5.50. The van der Waals surface area contributed by atoms with Gasteiger partial charge in [-0.2, -0.15) is 10.4 Å². The second-order valence-electron chi connectivity index (χ2n) is 6.57. The SMILES string of the molecule is Cc1nn(C)c(C)c1/C=C/C(=O)OC/C(O)=C(\C#N)c1nc2ccccc2n1C. The predicted molar refractivity (Wildman–Crippen MR) is 109 cm³/mol. The summed E-state index contributed by atoms with van der Waals surface area (Å²) >= 11 is 0. The minimum atomic E-state index is -0.638. The van der Waals surface area contributed by atoms with Crippen molar-refractivity contribution in [1.82, 2.24) is 19.3 Å². The molecule has 0 fully saturated rings. The average Bonchev–Trinajstić information content (AvgIpc) is 3.15. The van der Waals surface area contributed by atoms with Gasteiger partial charge in [0.1, 0.15) is 18.2 Å². The summed E-state index contributed by atoms with van der Waals surface area (Å²) in [4.78, 5) is 16.4. The summed E-state index contributed by atoms with van der Waals surface area (Å²) in [6.45, 7) is 3.32. The minimum Gasteiger partial charge on any atom is -0.507 e. The predicted octanol–water partition coefficient (Wildman–Crippen LogP) is 2.97. The van der Waals surface area contributed by atoms with E-state index in [1.54, 1.807) is 22.4 Å². The largest absolute Gasteiger partial charge is 0.507 e. The van der Waals surface area contributed by atoms with Crippen LogP contribution in [0.2, 0.25) is 0 Å². The number of rotatable bonds is 5. The molecule has 0 saturated carbocycles. The van der Waals surface area contributed by atoms with Gasteiger partial charge in [-0.15, -0.1) is 0 Å². The quantitative estimate of drug-likeness (QED) is 0.310. The Morgan fingerprint density at radius 3 is 2.66 bits per heavy atom. The third-order valence-electron chi connectivity index (χ3n) is 4.71. The molecule has 1 aromatic carbocycles. The van der Waals surface area contributed by atoms with Crippen LogP contribution in [0.5, 0.6) is 0 Å². The second kappa shape index (κ2) is 8.02. The highest BCUT2D eigenvalue weighted by Crippen LogP contribution is 2.22. The number of fused-ring (bicyclic) bond motifs is 1. The lowest BCUT2D eigenvalue weighted by Gasteiger charge is -2.05. The van der Waals surface area contributed by atoms with Crippen LogP contribution < -0.4 is 0 Å². The molecular weight excluding hydrogens is 370 g/mol. The van der Waals surface area contributed by atoms with Gasteiger partial charge in [-0.05, 0) is 32.1 Å². The number of nitriles is 1. The lowest BCUT2D eigenvalue weighted by molar-refractivity contribution is -0.137. The van der Waals surface area contributed by atoms with Gasteiger partial charge in [0.2, 0.25) is 0 Å². The number of aliphatic hydroxyl groups is 1. The number of carbonyl (C=O) groups excluding carboxylic acids is 1. The molecule has 29 heavy (non-hydrogen) atoms. The van der Waals surface area contributed by atoms with E-state index >= 15 is 0 Å². The summed E-state index contributed by atoms with van der Waals surface area (Å²) in [5.74, 6) is -0.692. The van der Waals surface area contributed by atoms with E-state index < -0.39 is 12.6 Å². The van der Waals surface area contributed by atoms with Crippen LogP contribution in [0.3, 0.4) is 0 Å². The lowest BCUT2D eigenvalue weighted by atomic mass is 10.2. The number of nitrogens with zero attached hydrogens (tertiary/aromatic N) is 5. The molecule has 2 heterocycles. The van der Waals surface area contributed by atoms with E-state index in [9.17, 15) is 15.2 Å². The van der Waals surface area contributed by atoms with E-state index in [0.29, 0.717) is 11.3 Å². The molecule has 3 rings (SSSR count). The maximum Gasteiger partial charge on any atom is 0.331 e. The fourth-order valence-corrected chi connectivity index (χ4v) is 3.06. The average molecular weight is 391 g/mol. The fraction of sp³-hybridized carbons (Fsp3) is 0.238. The number of hydrogen-bond donors (Lipinski definition) is 1. The van der Waals surface area contributed by atoms with Crippen molar-refractivity contribution in [3.05, 3.63) is 58.9 Å². The summed E-state index contributed by atoms with van der Waals surface area (Å²) in [5, 5.41) is 24.1. The number of para-hydroxylation sites is 2. The van der Waals surface area contributed by atoms with Crippen LogP contribution in [0.1, 0.15) is 22.8 Å². The van der Waals surface area contributed by atoms with Crippen LogP contribution in [-0.4, -0.2) is 37.0 Å². The van der Waals surface area contributed by atoms with Gasteiger partial charge >= 0.3 is 5.97 Å². The zero-order chi connectivity index (χ0) is 21.1. The van der Waals surface area contributed by atoms with Crippen LogP contribution in [0, 0.1) is 25.2 Å². The number of ether oxygens (including phenoxy) is 1. The molecule has 0 saturated heterocycles. The first-order valence-electron chi connectivity index (χ1n) is 8.92. The summed E-state index contributed by atoms with van der Waals surface area (Å²) in [7, 11) is 3.58. The summed E-state index contributed by atoms with van der Waals surface area (Å²) < 4.78 is 8.52. The second-order valence-corrected chi connectivity index (χ2v) is 6.57. The first-order valence-corrected chi connectivity index (χ1v) is 8.92. The van der Waals surface area contributed by atoms with Crippen molar-refractivity contribution in [2.75, 3.05) is 6.61 Å². The van der Waals surface area contributed by atoms with Crippen molar-refractivity contribution in [2.45, 2.75) is 13.8 Å². The fourth-order valence-electron chi connectivity index (χ4n) is 3.06. The van der Waals surface area contributed by atoms with Gasteiger partial charge < -0.3 is 14.4 Å². The molecule has 0 aliphatic carbocycles. The van der Waals surface area contributed by atoms with Crippen molar-refractivity contribution in [3.63, 3.8) is 0 Å². The van der Waals surface area contributed by atoms with Crippen LogP contribution in [0.25, 0.3) is 22.7 Å². The Morgan fingerprint density at radius 2 is 2.03 bits per heavy atom. The van der Waals surface area contributed by atoms with Gasteiger partial charge in [0.05, 0.1) is 16.7 Å². The van der Waals surface area contributed by atoms with Crippen LogP contribution in [0.4, 0.5) is 0 Å². The normalized spacial score (nSPS) is 12.2. The zero-order valence-corrected chi connectivity index (χ0v) is 16.7. The molecule has 3 aromatic rings. The third kappa shape index (κ3) is 3.89. The van der Waals surface area contributed by atoms with Crippen molar-refractivity contribution in [3.8, 4) is 6.07 Å². The molecule has 0 atom stereocenters. The molecule has 0 radical (unpaired) electrons. The first-order chi connectivity index (χ1) is 13.8. The van der Waals surface area contributed by atoms with E-state index in [1.807, 2.05) is 51.2 Å². The van der Waals surface area contributed by atoms with E-state index in [1.165, 1.54) is 6.08 Å². The number of imidazole rings is 1. The topological polar surface area (TPSA) is 106 Å². The Labute approximate surface area is 168 Å². The molecule has 8 nitrogen and oxygen atoms in total. The number of esters is 1. The van der Waals surface area contributed by atoms with Crippen LogP contribution >= 0.6 is 0 Å². The zero-order valence-electron chi connectivity index (χ0n) is 16.7. The number of allylic oxidation sites excluding steroid dienone is 1. The van der Waals surface area contributed by atoms with Gasteiger partial charge in [0.15, 0.2) is 11.6 Å². The highest BCUT2D eigenvalue weighted by Gasteiger charge is 2.17. The standard InChI is InChI=1S/C21H21N5O3/c1-13-15(14(2)26(4)24-13)9-10-20(28)29-12-19(27)16(11-22)21-23-17-7-5-6-8-18(17)25(21)3/h5-10,27H,12H2,1-4H3/b10-9+,19-16-. The van der Waals surface area contributed by atoms with Crippen LogP contribution in [0.15, 0.2) is 36.1 Å². The first kappa shape index (κ1) is 19.9. The highest BCUT2D eigenvalue weighted by molar-refractivity contribution is 5.88. The molecule has 2 aromatic heterocycles. The Morgan fingerprint density at radius 1 is 1.31 bits per heavy atom. The number of aliphatic hydroxyl groups excluding tert-OH is 1. The number of aromatic nitrogens is 4. The lowest BCUT2D eigenvalue weighted by Crippen LogP contribution is -2.08. The number of carbonyl (C=O) groups is 1. The van der Waals surface area contributed by atoms with Crippen molar-refractivity contribution in [2.24, 2.45) is 14.1 Å². The minimum absolute atomic E-state index is 0.0422. The number of aryl methyl sites for hydroxylation is 3. The van der Waals surface area contributed by atoms with E-state index in [4.69, 9.17) is 4.74 Å². The Hall–Kier alpha value is -3.86. The van der Waals surface area contributed by atoms with Gasteiger partial charge in [-0.1, -0.05) is 12.1 Å².